The Kier molecular flexibility index (Phi) is 8.45. The highest BCUT2D eigenvalue weighted by atomic mass is 127. The topological polar surface area (TPSA) is 94.5 Å². The van der Waals surface area contributed by atoms with E-state index in [2.05, 4.69) is 17.2 Å². The summed E-state index contributed by atoms with van der Waals surface area (Å²) in [6.45, 7) is 4.02. The number of nitrogens with two attached hydrogens (primary N) is 1. The van der Waals surface area contributed by atoms with E-state index in [9.17, 15) is 4.79 Å². The van der Waals surface area contributed by atoms with Gasteiger partial charge in [-0.1, -0.05) is 6.92 Å². The van der Waals surface area contributed by atoms with Crippen LogP contribution < -0.4 is 11.1 Å². The molecule has 0 atom stereocenters. The van der Waals surface area contributed by atoms with E-state index >= 15 is 0 Å². The molecule has 0 aromatic carbocycles. The van der Waals surface area contributed by atoms with E-state index in [0.29, 0.717) is 5.96 Å². The Morgan fingerprint density at radius 2 is 2.17 bits per heavy atom. The number of likely N-dealkylation sites (tertiary alicyclic amines) is 1. The van der Waals surface area contributed by atoms with Crippen molar-refractivity contribution in [1.82, 2.24) is 10.2 Å². The van der Waals surface area contributed by atoms with Crippen LogP contribution in [0.5, 0.6) is 0 Å². The molecule has 0 spiro atoms. The van der Waals surface area contributed by atoms with Crippen LogP contribution in [0.25, 0.3) is 0 Å². The van der Waals surface area contributed by atoms with Crippen LogP contribution in [0.4, 0.5) is 0 Å². The molecule has 3 N–H and O–H groups in total. The van der Waals surface area contributed by atoms with Gasteiger partial charge in [0.05, 0.1) is 6.07 Å². The van der Waals surface area contributed by atoms with Crippen LogP contribution >= 0.6 is 24.0 Å². The normalized spacial score (nSPS) is 16.7. The molecule has 1 aliphatic heterocycles. The number of nitrogens with one attached hydrogen (secondary N) is 1. The first-order valence-corrected chi connectivity index (χ1v) is 5.82. The number of rotatable bonds is 3. The number of nitriles is 1. The lowest BCUT2D eigenvalue weighted by Gasteiger charge is -2.30. The van der Waals surface area contributed by atoms with E-state index in [-0.39, 0.29) is 43.0 Å². The van der Waals surface area contributed by atoms with Crippen molar-refractivity contribution < 1.29 is 4.79 Å². The summed E-state index contributed by atoms with van der Waals surface area (Å²) in [4.78, 5) is 17.2. The van der Waals surface area contributed by atoms with Gasteiger partial charge in [-0.3, -0.25) is 4.79 Å². The molecule has 1 fully saturated rings. The third-order valence-corrected chi connectivity index (χ3v) is 2.86. The molecule has 0 radical (unpaired) electrons. The maximum absolute atomic E-state index is 11.2. The molecule has 0 aliphatic carbocycles. The molecular weight excluding hydrogens is 345 g/mol. The summed E-state index contributed by atoms with van der Waals surface area (Å²) >= 11 is 0. The van der Waals surface area contributed by atoms with Crippen LogP contribution in [0.1, 0.15) is 19.8 Å². The molecule has 7 heteroatoms. The molecule has 0 aromatic heterocycles. The monoisotopic (exact) mass is 365 g/mol. The number of piperidine rings is 1. The molecular formula is C11H20IN5O. The summed E-state index contributed by atoms with van der Waals surface area (Å²) in [6.07, 6.45) is 2.22. The van der Waals surface area contributed by atoms with Crippen LogP contribution in [0.3, 0.4) is 0 Å². The highest BCUT2D eigenvalue weighted by molar-refractivity contribution is 14.0. The fourth-order valence-electron chi connectivity index (χ4n) is 1.68. The summed E-state index contributed by atoms with van der Waals surface area (Å²) in [6, 6.07) is 1.83. The quantitative estimate of drug-likeness (QED) is 0.325. The van der Waals surface area contributed by atoms with Gasteiger partial charge in [-0.05, 0) is 18.8 Å². The Balaban J connectivity index is 0.00000289. The van der Waals surface area contributed by atoms with E-state index < -0.39 is 0 Å². The molecule has 6 nitrogen and oxygen atoms in total. The average molecular weight is 365 g/mol. The maximum Gasteiger partial charge on any atom is 0.242 e. The highest BCUT2D eigenvalue weighted by Crippen LogP contribution is 2.15. The molecule has 0 bridgehead atoms. The van der Waals surface area contributed by atoms with Crippen molar-refractivity contribution in [2.45, 2.75) is 19.8 Å². The van der Waals surface area contributed by atoms with Crippen molar-refractivity contribution in [3.63, 3.8) is 0 Å². The van der Waals surface area contributed by atoms with Crippen LogP contribution in [0, 0.1) is 17.2 Å². The minimum atomic E-state index is -0.278. The first-order chi connectivity index (χ1) is 8.13. The van der Waals surface area contributed by atoms with Gasteiger partial charge in [0, 0.05) is 13.1 Å². The molecule has 18 heavy (non-hydrogen) atoms. The molecule has 1 heterocycles. The summed E-state index contributed by atoms with van der Waals surface area (Å²) < 4.78 is 0. The summed E-state index contributed by atoms with van der Waals surface area (Å²) in [7, 11) is 0. The van der Waals surface area contributed by atoms with Crippen molar-refractivity contribution in [3.8, 4) is 6.07 Å². The van der Waals surface area contributed by atoms with Gasteiger partial charge < -0.3 is 16.0 Å². The molecule has 1 saturated heterocycles. The van der Waals surface area contributed by atoms with E-state index in [0.717, 1.165) is 31.8 Å². The van der Waals surface area contributed by atoms with Crippen molar-refractivity contribution >= 4 is 35.8 Å². The summed E-state index contributed by atoms with van der Waals surface area (Å²) in [5.41, 5.74) is 5.80. The number of carbonyl (C=O) groups excluding carboxylic acids is 1. The van der Waals surface area contributed by atoms with E-state index in [1.54, 1.807) is 0 Å². The first-order valence-electron chi connectivity index (χ1n) is 5.82. The predicted molar refractivity (Wildman–Crippen MR) is 80.5 cm³/mol. The van der Waals surface area contributed by atoms with Gasteiger partial charge >= 0.3 is 0 Å². The van der Waals surface area contributed by atoms with Gasteiger partial charge in [0.2, 0.25) is 5.91 Å². The van der Waals surface area contributed by atoms with Gasteiger partial charge in [0.15, 0.2) is 5.96 Å². The Labute approximate surface area is 125 Å². The molecule has 0 saturated carbocycles. The standard InChI is InChI=1S/C11H19N5O.HI/c1-9-2-6-16(7-3-9)11(13)15-8-10(17)14-5-4-12;/h9H,2-3,5-8H2,1H3,(H2,13,15)(H,14,17);1H. The first kappa shape index (κ1) is 17.0. The van der Waals surface area contributed by atoms with Gasteiger partial charge in [0.25, 0.3) is 0 Å². The third kappa shape index (κ3) is 6.05. The highest BCUT2D eigenvalue weighted by Gasteiger charge is 2.16. The van der Waals surface area contributed by atoms with E-state index in [1.165, 1.54) is 0 Å². The van der Waals surface area contributed by atoms with Crippen LogP contribution in [0.2, 0.25) is 0 Å². The average Bonchev–Trinajstić information content (AvgIpc) is 2.34. The second kappa shape index (κ2) is 8.97. The smallest absolute Gasteiger partial charge is 0.242 e. The molecule has 0 unspecified atom stereocenters. The number of nitrogens with zero attached hydrogens (tertiary/aromatic N) is 3. The lowest BCUT2D eigenvalue weighted by molar-refractivity contribution is -0.119. The fourth-order valence-corrected chi connectivity index (χ4v) is 1.68. The zero-order chi connectivity index (χ0) is 12.7. The fraction of sp³-hybridized carbons (Fsp3) is 0.727. The number of guanidine groups is 1. The van der Waals surface area contributed by atoms with Crippen LogP contribution in [-0.4, -0.2) is 42.9 Å². The molecule has 1 amide bonds. The third-order valence-electron chi connectivity index (χ3n) is 2.86. The van der Waals surface area contributed by atoms with Gasteiger partial charge in [-0.25, -0.2) is 4.99 Å². The SMILES string of the molecule is CC1CCN(C(N)=NCC(=O)NCC#N)CC1.I. The second-order valence-electron chi connectivity index (χ2n) is 4.28. The Hall–Kier alpha value is -1.04. The predicted octanol–water partition coefficient (Wildman–Crippen LogP) is 0.291. The zero-order valence-corrected chi connectivity index (χ0v) is 12.9. The lowest BCUT2D eigenvalue weighted by Crippen LogP contribution is -2.43. The van der Waals surface area contributed by atoms with Gasteiger partial charge in [0.1, 0.15) is 13.1 Å². The molecule has 1 rings (SSSR count). The second-order valence-corrected chi connectivity index (χ2v) is 4.28. The maximum atomic E-state index is 11.2. The summed E-state index contributed by atoms with van der Waals surface area (Å²) in [5, 5.41) is 10.7. The van der Waals surface area contributed by atoms with Crippen molar-refractivity contribution in [3.05, 3.63) is 0 Å². The van der Waals surface area contributed by atoms with Gasteiger partial charge in [-0.15, -0.1) is 24.0 Å². The Bertz CT molecular complexity index is 331. The minimum absolute atomic E-state index is 0. The minimum Gasteiger partial charge on any atom is -0.370 e. The van der Waals surface area contributed by atoms with E-state index in [4.69, 9.17) is 11.0 Å². The van der Waals surface area contributed by atoms with Crippen molar-refractivity contribution in [2.24, 2.45) is 16.6 Å². The van der Waals surface area contributed by atoms with Crippen molar-refractivity contribution in [2.75, 3.05) is 26.2 Å². The largest absolute Gasteiger partial charge is 0.370 e. The number of hydrogen-bond donors (Lipinski definition) is 2. The molecule has 102 valence electrons. The number of halogens is 1. The number of aliphatic imine (C=N–C) groups is 1. The lowest BCUT2D eigenvalue weighted by atomic mass is 10.00. The Morgan fingerprint density at radius 1 is 1.56 bits per heavy atom. The molecule has 1 aliphatic rings. The summed E-state index contributed by atoms with van der Waals surface area (Å²) in [5.74, 6) is 0.877. The van der Waals surface area contributed by atoms with Gasteiger partial charge in [-0.2, -0.15) is 5.26 Å². The number of hydrogen-bond acceptors (Lipinski definition) is 3. The van der Waals surface area contributed by atoms with Crippen LogP contribution in [0.15, 0.2) is 4.99 Å². The van der Waals surface area contributed by atoms with E-state index in [1.807, 2.05) is 11.0 Å². The Morgan fingerprint density at radius 3 is 2.72 bits per heavy atom. The number of carbonyl (C=O) groups is 1. The van der Waals surface area contributed by atoms with Crippen LogP contribution in [-0.2, 0) is 4.79 Å². The molecule has 0 aromatic rings. The van der Waals surface area contributed by atoms with Crippen molar-refractivity contribution in [1.29, 1.82) is 5.26 Å². The number of amides is 1. The zero-order valence-electron chi connectivity index (χ0n) is 10.6.